The van der Waals surface area contributed by atoms with Crippen molar-refractivity contribution < 1.29 is 14.4 Å². The molecule has 7 heteroatoms. The number of aliphatic hydroxyl groups excluding tert-OH is 1. The number of piperidine rings is 1. The van der Waals surface area contributed by atoms with Gasteiger partial charge in [0.15, 0.2) is 0 Å². The highest BCUT2D eigenvalue weighted by atomic mass is 16.7. The molecule has 0 bridgehead atoms. The molecule has 1 aromatic heterocycles. The molecule has 128 valence electrons. The summed E-state index contributed by atoms with van der Waals surface area (Å²) in [5.41, 5.74) is 0.364. The van der Waals surface area contributed by atoms with Gasteiger partial charge in [0, 0.05) is 24.7 Å². The van der Waals surface area contributed by atoms with E-state index in [9.17, 15) is 10.4 Å². The molecule has 2 saturated heterocycles. The fraction of sp³-hybridized carbons (Fsp3) is 0.647. The summed E-state index contributed by atoms with van der Waals surface area (Å²) < 4.78 is 12.1. The monoisotopic (exact) mass is 329 g/mol. The van der Waals surface area contributed by atoms with Crippen LogP contribution in [-0.2, 0) is 9.31 Å². The van der Waals surface area contributed by atoms with E-state index < -0.39 is 18.3 Å². The fourth-order valence-electron chi connectivity index (χ4n) is 3.06. The average Bonchev–Trinajstić information content (AvgIpc) is 2.75. The first-order valence-electron chi connectivity index (χ1n) is 8.42. The molecule has 2 aliphatic rings. The lowest BCUT2D eigenvalue weighted by Gasteiger charge is -2.32. The lowest BCUT2D eigenvalue weighted by Crippen LogP contribution is -2.41. The summed E-state index contributed by atoms with van der Waals surface area (Å²) in [5.74, 6) is 0.622. The Morgan fingerprint density at radius 3 is 2.58 bits per heavy atom. The van der Waals surface area contributed by atoms with Gasteiger partial charge < -0.3 is 19.3 Å². The zero-order valence-electron chi connectivity index (χ0n) is 14.7. The second-order valence-corrected chi connectivity index (χ2v) is 7.58. The highest BCUT2D eigenvalue weighted by Gasteiger charge is 2.52. The summed E-state index contributed by atoms with van der Waals surface area (Å²) >= 11 is 0. The minimum atomic E-state index is -0.532. The number of nitriles is 1. The van der Waals surface area contributed by atoms with Crippen molar-refractivity contribution in [2.75, 3.05) is 18.0 Å². The van der Waals surface area contributed by atoms with Crippen molar-refractivity contribution in [3.8, 4) is 6.07 Å². The molecular weight excluding hydrogens is 305 g/mol. The maximum absolute atomic E-state index is 9.85. The van der Waals surface area contributed by atoms with E-state index in [0.717, 1.165) is 24.8 Å². The molecule has 0 unspecified atom stereocenters. The van der Waals surface area contributed by atoms with Crippen molar-refractivity contribution in [2.24, 2.45) is 0 Å². The number of hydrogen-bond donors (Lipinski definition) is 1. The first kappa shape index (κ1) is 17.2. The molecule has 0 amide bonds. The Bertz CT molecular complexity index is 656. The molecule has 0 spiro atoms. The topological polar surface area (TPSA) is 78.6 Å². The number of nitrogens with zero attached hydrogens (tertiary/aromatic N) is 3. The van der Waals surface area contributed by atoms with Crippen molar-refractivity contribution >= 4 is 18.4 Å². The maximum atomic E-state index is 9.85. The molecule has 1 aromatic rings. The van der Waals surface area contributed by atoms with Gasteiger partial charge in [-0.05, 0) is 46.6 Å². The first-order valence-corrected chi connectivity index (χ1v) is 8.42. The Balaban J connectivity index is 1.87. The van der Waals surface area contributed by atoms with Crippen LogP contribution < -0.4 is 10.4 Å². The van der Waals surface area contributed by atoms with Crippen LogP contribution in [0.1, 0.15) is 46.1 Å². The molecule has 3 rings (SSSR count). The van der Waals surface area contributed by atoms with Gasteiger partial charge in [0.25, 0.3) is 0 Å². The van der Waals surface area contributed by atoms with E-state index >= 15 is 0 Å². The highest BCUT2D eigenvalue weighted by Crippen LogP contribution is 2.36. The zero-order chi connectivity index (χ0) is 17.5. The van der Waals surface area contributed by atoms with Crippen LogP contribution in [0, 0.1) is 11.3 Å². The van der Waals surface area contributed by atoms with Crippen LogP contribution in [0.2, 0.25) is 0 Å². The Labute approximate surface area is 143 Å². The van der Waals surface area contributed by atoms with E-state index in [1.807, 2.05) is 32.6 Å². The molecule has 6 nitrogen and oxygen atoms in total. The number of anilines is 1. The molecule has 0 radical (unpaired) electrons. The largest absolute Gasteiger partial charge is 0.496 e. The molecule has 1 N–H and O–H groups in total. The van der Waals surface area contributed by atoms with Gasteiger partial charge in [0.2, 0.25) is 0 Å². The highest BCUT2D eigenvalue weighted by molar-refractivity contribution is 6.62. The summed E-state index contributed by atoms with van der Waals surface area (Å²) in [4.78, 5) is 6.45. The van der Waals surface area contributed by atoms with Gasteiger partial charge in [0.05, 0.1) is 22.9 Å². The molecule has 2 aliphatic heterocycles. The van der Waals surface area contributed by atoms with Gasteiger partial charge in [-0.3, -0.25) is 0 Å². The summed E-state index contributed by atoms with van der Waals surface area (Å²) in [5, 5.41) is 19.4. The zero-order valence-corrected chi connectivity index (χ0v) is 14.7. The molecule has 0 saturated carbocycles. The Hall–Kier alpha value is -1.62. The summed E-state index contributed by atoms with van der Waals surface area (Å²) in [6.45, 7) is 9.29. The molecule has 3 heterocycles. The number of β-amino-alcohol motifs (C(OH)–C–C–N with tert-alkyl or cyclic N) is 1. The summed E-state index contributed by atoms with van der Waals surface area (Å²) in [7, 11) is -0.532. The van der Waals surface area contributed by atoms with Gasteiger partial charge in [-0.15, -0.1) is 0 Å². The number of pyridine rings is 1. The molecule has 0 aliphatic carbocycles. The third-order valence-corrected chi connectivity index (χ3v) is 5.23. The Kier molecular flexibility index (Phi) is 4.33. The number of rotatable bonds is 2. The second kappa shape index (κ2) is 6.03. The Morgan fingerprint density at radius 1 is 1.33 bits per heavy atom. The average molecular weight is 329 g/mol. The van der Waals surface area contributed by atoms with Gasteiger partial charge in [-0.25, -0.2) is 4.98 Å². The number of aromatic nitrogens is 1. The van der Waals surface area contributed by atoms with Gasteiger partial charge >= 0.3 is 7.12 Å². The Morgan fingerprint density at radius 2 is 2.00 bits per heavy atom. The van der Waals surface area contributed by atoms with E-state index in [0.29, 0.717) is 17.9 Å². The predicted molar refractivity (Wildman–Crippen MR) is 92.1 cm³/mol. The van der Waals surface area contributed by atoms with Gasteiger partial charge in [-0.1, -0.05) is 0 Å². The van der Waals surface area contributed by atoms with E-state index in [-0.39, 0.29) is 6.10 Å². The van der Waals surface area contributed by atoms with E-state index in [4.69, 9.17) is 9.31 Å². The minimum absolute atomic E-state index is 0.366. The molecule has 24 heavy (non-hydrogen) atoms. The first-order chi connectivity index (χ1) is 11.2. The summed E-state index contributed by atoms with van der Waals surface area (Å²) in [6, 6.07) is 4.00. The van der Waals surface area contributed by atoms with Crippen molar-refractivity contribution in [3.05, 3.63) is 17.8 Å². The third kappa shape index (κ3) is 3.02. The molecule has 2 fully saturated rings. The van der Waals surface area contributed by atoms with Crippen LogP contribution in [0.3, 0.4) is 0 Å². The van der Waals surface area contributed by atoms with Crippen LogP contribution in [-0.4, -0.2) is 47.6 Å². The van der Waals surface area contributed by atoms with Gasteiger partial charge in [0.1, 0.15) is 11.9 Å². The third-order valence-electron chi connectivity index (χ3n) is 5.23. The van der Waals surface area contributed by atoms with Crippen molar-refractivity contribution in [3.63, 3.8) is 0 Å². The van der Waals surface area contributed by atoms with Crippen LogP contribution in [0.4, 0.5) is 5.82 Å². The van der Waals surface area contributed by atoms with E-state index in [1.54, 1.807) is 12.3 Å². The second-order valence-electron chi connectivity index (χ2n) is 7.58. The van der Waals surface area contributed by atoms with Crippen LogP contribution >= 0.6 is 0 Å². The van der Waals surface area contributed by atoms with E-state index in [2.05, 4.69) is 11.1 Å². The molecular formula is C17H24BN3O3. The van der Waals surface area contributed by atoms with Crippen molar-refractivity contribution in [1.29, 1.82) is 5.26 Å². The quantitative estimate of drug-likeness (QED) is 0.822. The number of hydrogen-bond acceptors (Lipinski definition) is 6. The van der Waals surface area contributed by atoms with Crippen LogP contribution in [0.25, 0.3) is 0 Å². The standard InChI is InChI=1S/C17H24BN3O3/c1-16(2)17(3,4)24-18(23-16)13-8-12(9-19)15(20-10-13)21-7-5-6-14(22)11-21/h8,10,14,22H,5-7,11H2,1-4H3/t14-/m1/s1. The smallest absolute Gasteiger partial charge is 0.399 e. The maximum Gasteiger partial charge on any atom is 0.496 e. The van der Waals surface area contributed by atoms with Crippen LogP contribution in [0.5, 0.6) is 0 Å². The van der Waals surface area contributed by atoms with Crippen molar-refractivity contribution in [2.45, 2.75) is 57.8 Å². The molecule has 1 atom stereocenters. The van der Waals surface area contributed by atoms with Crippen molar-refractivity contribution in [1.82, 2.24) is 4.98 Å². The predicted octanol–water partition coefficient (Wildman–Crippen LogP) is 1.21. The lowest BCUT2D eigenvalue weighted by molar-refractivity contribution is 0.00578. The van der Waals surface area contributed by atoms with Gasteiger partial charge in [-0.2, -0.15) is 5.26 Å². The fourth-order valence-corrected chi connectivity index (χ4v) is 3.06. The summed E-state index contributed by atoms with van der Waals surface area (Å²) in [6.07, 6.45) is 3.03. The lowest BCUT2D eigenvalue weighted by atomic mass is 9.79. The number of aliphatic hydroxyl groups is 1. The minimum Gasteiger partial charge on any atom is -0.399 e. The normalized spacial score (nSPS) is 25.6. The van der Waals surface area contributed by atoms with E-state index in [1.165, 1.54) is 0 Å². The SMILES string of the molecule is CC1(C)OB(c2cnc(N3CCC[C@@H](O)C3)c(C#N)c2)OC1(C)C. The van der Waals surface area contributed by atoms with Crippen LogP contribution in [0.15, 0.2) is 12.3 Å². The molecule has 0 aromatic carbocycles.